The largest absolute Gasteiger partial charge is 0.345 e. The number of hydrogen-bond donors (Lipinski definition) is 2. The Balaban J connectivity index is 1.29. The van der Waals surface area contributed by atoms with Crippen molar-refractivity contribution >= 4 is 40.1 Å². The minimum absolute atomic E-state index is 0.00557. The van der Waals surface area contributed by atoms with E-state index in [1.165, 1.54) is 10.6 Å². The van der Waals surface area contributed by atoms with Crippen LogP contribution in [0.2, 0.25) is 10.0 Å². The Kier molecular flexibility index (Phi) is 5.87. The van der Waals surface area contributed by atoms with Gasteiger partial charge in [-0.15, -0.1) is 0 Å². The molecule has 0 aliphatic heterocycles. The van der Waals surface area contributed by atoms with Crippen molar-refractivity contribution in [3.63, 3.8) is 0 Å². The standard InChI is InChI=1S/C23H16Cl2N6O3/c24-17-6-5-13(9-18(17)25)12-31-8-2-4-15(23(31)33)21(32)28-11-19-29-22(34-30-19)16-10-27-20-14(16)3-1-7-26-20/h1-10H,11-12H2,(H,26,27)(H,28,32). The van der Waals surface area contributed by atoms with Gasteiger partial charge in [-0.25, -0.2) is 4.98 Å². The van der Waals surface area contributed by atoms with Crippen molar-refractivity contribution in [1.82, 2.24) is 30.0 Å². The monoisotopic (exact) mass is 494 g/mol. The van der Waals surface area contributed by atoms with E-state index >= 15 is 0 Å². The molecular formula is C23H16Cl2N6O3. The zero-order chi connectivity index (χ0) is 23.7. The van der Waals surface area contributed by atoms with E-state index in [9.17, 15) is 9.59 Å². The maximum atomic E-state index is 12.8. The zero-order valence-corrected chi connectivity index (χ0v) is 19.0. The maximum Gasteiger partial charge on any atom is 0.263 e. The molecular weight excluding hydrogens is 479 g/mol. The van der Waals surface area contributed by atoms with Crippen molar-refractivity contribution in [2.75, 3.05) is 0 Å². The summed E-state index contributed by atoms with van der Waals surface area (Å²) in [5.74, 6) is 0.0250. The normalized spacial score (nSPS) is 11.1. The molecule has 0 saturated heterocycles. The SMILES string of the molecule is O=C(NCc1noc(-c2c[nH]c3ncccc23)n1)c1cccn(Cc2ccc(Cl)c(Cl)c2)c1=O. The van der Waals surface area contributed by atoms with Gasteiger partial charge in [-0.1, -0.05) is 34.4 Å². The van der Waals surface area contributed by atoms with E-state index in [0.717, 1.165) is 10.9 Å². The van der Waals surface area contributed by atoms with Gasteiger partial charge in [0.1, 0.15) is 11.2 Å². The second kappa shape index (κ2) is 9.12. The first-order chi connectivity index (χ1) is 16.5. The minimum atomic E-state index is -0.545. The molecule has 0 saturated carbocycles. The molecule has 2 N–H and O–H groups in total. The van der Waals surface area contributed by atoms with Gasteiger partial charge in [0, 0.05) is 24.0 Å². The highest BCUT2D eigenvalue weighted by Gasteiger charge is 2.16. The van der Waals surface area contributed by atoms with Crippen LogP contribution >= 0.6 is 23.2 Å². The molecule has 0 unspecified atom stereocenters. The van der Waals surface area contributed by atoms with Crippen molar-refractivity contribution in [2.24, 2.45) is 0 Å². The van der Waals surface area contributed by atoms with Gasteiger partial charge in [0.05, 0.1) is 28.7 Å². The molecule has 4 heterocycles. The molecule has 11 heteroatoms. The van der Waals surface area contributed by atoms with Crippen molar-refractivity contribution in [3.05, 3.63) is 98.4 Å². The maximum absolute atomic E-state index is 12.8. The fourth-order valence-corrected chi connectivity index (χ4v) is 3.81. The number of aromatic nitrogens is 5. The van der Waals surface area contributed by atoms with Gasteiger partial charge in [0.25, 0.3) is 17.4 Å². The van der Waals surface area contributed by atoms with E-state index in [0.29, 0.717) is 27.1 Å². The Morgan fingerprint density at radius 3 is 2.88 bits per heavy atom. The molecule has 1 aromatic carbocycles. The molecule has 0 aliphatic carbocycles. The molecule has 1 amide bonds. The second-order valence-electron chi connectivity index (χ2n) is 7.40. The molecule has 34 heavy (non-hydrogen) atoms. The Morgan fingerprint density at radius 2 is 2.03 bits per heavy atom. The summed E-state index contributed by atoms with van der Waals surface area (Å²) >= 11 is 12.0. The summed E-state index contributed by atoms with van der Waals surface area (Å²) < 4.78 is 6.76. The highest BCUT2D eigenvalue weighted by molar-refractivity contribution is 6.42. The fraction of sp³-hybridized carbons (Fsp3) is 0.0870. The Hall–Kier alpha value is -3.95. The highest BCUT2D eigenvalue weighted by atomic mass is 35.5. The van der Waals surface area contributed by atoms with Crippen molar-refractivity contribution in [1.29, 1.82) is 0 Å². The molecule has 9 nitrogen and oxygen atoms in total. The lowest BCUT2D eigenvalue weighted by Gasteiger charge is -2.09. The fourth-order valence-electron chi connectivity index (χ4n) is 3.49. The van der Waals surface area contributed by atoms with E-state index in [1.807, 2.05) is 12.1 Å². The predicted molar refractivity (Wildman–Crippen MR) is 127 cm³/mol. The van der Waals surface area contributed by atoms with Crippen LogP contribution in [0.15, 0.2) is 70.4 Å². The van der Waals surface area contributed by atoms with Crippen LogP contribution in [0.3, 0.4) is 0 Å². The lowest BCUT2D eigenvalue weighted by atomic mass is 10.2. The van der Waals surface area contributed by atoms with Crippen LogP contribution in [0.5, 0.6) is 0 Å². The number of pyridine rings is 2. The smallest absolute Gasteiger partial charge is 0.263 e. The molecule has 5 aromatic rings. The number of carbonyl (C=O) groups excluding carboxylic acids is 1. The molecule has 170 valence electrons. The van der Waals surface area contributed by atoms with Crippen LogP contribution in [0.4, 0.5) is 0 Å². The predicted octanol–water partition coefficient (Wildman–Crippen LogP) is 4.06. The van der Waals surface area contributed by atoms with Crippen molar-refractivity contribution < 1.29 is 9.32 Å². The van der Waals surface area contributed by atoms with Crippen LogP contribution in [-0.4, -0.2) is 30.6 Å². The molecule has 0 radical (unpaired) electrons. The quantitative estimate of drug-likeness (QED) is 0.367. The number of carbonyl (C=O) groups is 1. The summed E-state index contributed by atoms with van der Waals surface area (Å²) in [7, 11) is 0. The first-order valence-corrected chi connectivity index (χ1v) is 10.9. The lowest BCUT2D eigenvalue weighted by Crippen LogP contribution is -2.32. The molecule has 0 spiro atoms. The summed E-state index contributed by atoms with van der Waals surface area (Å²) in [6.45, 7) is 0.231. The van der Waals surface area contributed by atoms with Gasteiger partial charge in [-0.2, -0.15) is 4.98 Å². The van der Waals surface area contributed by atoms with Crippen LogP contribution < -0.4 is 10.9 Å². The van der Waals surface area contributed by atoms with Crippen LogP contribution in [-0.2, 0) is 13.1 Å². The van der Waals surface area contributed by atoms with Crippen LogP contribution in [0, 0.1) is 0 Å². The summed E-state index contributed by atoms with van der Waals surface area (Å²) in [5, 5.41) is 8.24. The summed E-state index contributed by atoms with van der Waals surface area (Å²) in [6, 6.07) is 11.9. The van der Waals surface area contributed by atoms with Crippen LogP contribution in [0.25, 0.3) is 22.5 Å². The van der Waals surface area contributed by atoms with Gasteiger partial charge in [-0.05, 0) is 42.0 Å². The average Bonchev–Trinajstić information content (AvgIpc) is 3.48. The van der Waals surface area contributed by atoms with Crippen LogP contribution in [0.1, 0.15) is 21.7 Å². The number of nitrogens with one attached hydrogen (secondary N) is 2. The number of aromatic amines is 1. The first kappa shape index (κ1) is 21.9. The van der Waals surface area contributed by atoms with Gasteiger partial charge < -0.3 is 19.4 Å². The topological polar surface area (TPSA) is 119 Å². The molecule has 5 rings (SSSR count). The van der Waals surface area contributed by atoms with Crippen molar-refractivity contribution in [2.45, 2.75) is 13.1 Å². The number of rotatable bonds is 6. The number of amides is 1. The number of benzene rings is 1. The minimum Gasteiger partial charge on any atom is -0.345 e. The number of H-pyrrole nitrogens is 1. The van der Waals surface area contributed by atoms with Gasteiger partial charge in [0.2, 0.25) is 0 Å². The molecule has 0 atom stereocenters. The Labute approximate surface area is 202 Å². The average molecular weight is 495 g/mol. The third kappa shape index (κ3) is 4.30. The van der Waals surface area contributed by atoms with Gasteiger partial charge in [-0.3, -0.25) is 9.59 Å². The third-order valence-electron chi connectivity index (χ3n) is 5.16. The summed E-state index contributed by atoms with van der Waals surface area (Å²) in [5.41, 5.74) is 1.74. The zero-order valence-electron chi connectivity index (χ0n) is 17.5. The first-order valence-electron chi connectivity index (χ1n) is 10.2. The molecule has 0 aliphatic rings. The molecule has 0 bridgehead atoms. The van der Waals surface area contributed by atoms with E-state index in [-0.39, 0.29) is 24.5 Å². The van der Waals surface area contributed by atoms with Gasteiger partial charge >= 0.3 is 0 Å². The van der Waals surface area contributed by atoms with E-state index in [2.05, 4.69) is 25.4 Å². The number of nitrogens with zero attached hydrogens (tertiary/aromatic N) is 4. The highest BCUT2D eigenvalue weighted by Crippen LogP contribution is 2.26. The number of fused-ring (bicyclic) bond motifs is 1. The number of halogens is 2. The lowest BCUT2D eigenvalue weighted by molar-refractivity contribution is 0.0947. The second-order valence-corrected chi connectivity index (χ2v) is 8.22. The Morgan fingerprint density at radius 1 is 1.15 bits per heavy atom. The Bertz CT molecular complexity index is 1570. The van der Waals surface area contributed by atoms with E-state index in [4.69, 9.17) is 27.7 Å². The summed E-state index contributed by atoms with van der Waals surface area (Å²) in [6.07, 6.45) is 5.01. The third-order valence-corrected chi connectivity index (χ3v) is 5.90. The van der Waals surface area contributed by atoms with E-state index < -0.39 is 11.5 Å². The number of hydrogen-bond acceptors (Lipinski definition) is 6. The van der Waals surface area contributed by atoms with E-state index in [1.54, 1.807) is 42.9 Å². The molecule has 4 aromatic heterocycles. The van der Waals surface area contributed by atoms with Gasteiger partial charge in [0.15, 0.2) is 5.82 Å². The summed E-state index contributed by atoms with van der Waals surface area (Å²) in [4.78, 5) is 37.1. The molecule has 0 fully saturated rings. The van der Waals surface area contributed by atoms with Crippen molar-refractivity contribution in [3.8, 4) is 11.5 Å².